The van der Waals surface area contributed by atoms with Crippen LogP contribution in [0.1, 0.15) is 44.6 Å². The third-order valence-electron chi connectivity index (χ3n) is 10.3. The Labute approximate surface area is 275 Å². The summed E-state index contributed by atoms with van der Waals surface area (Å²) in [5.74, 6) is -0.595. The van der Waals surface area contributed by atoms with E-state index in [9.17, 15) is 14.3 Å². The van der Waals surface area contributed by atoms with Crippen molar-refractivity contribution in [3.05, 3.63) is 47.9 Å². The number of fused-ring (bicyclic) bond motifs is 7. The van der Waals surface area contributed by atoms with E-state index in [0.29, 0.717) is 42.1 Å². The number of pyridine rings is 1. The van der Waals surface area contributed by atoms with Gasteiger partial charge < -0.3 is 24.8 Å². The highest BCUT2D eigenvalue weighted by Gasteiger charge is 2.49. The molecule has 0 unspecified atom stereocenters. The standard InChI is InChI=1S/C35H37F3N6O4/c1-34-13-22(36)16-43(18-34)31-26-15-39-29(25-12-24(45)11-21-6-2-5-20(27(21)25)7-3-10-47-33(46)42-34)28(38)30(26)40-32(41-31)48-19-35-8-4-9-44(35)17-23(37)14-35/h2,5-6,11-12,15,22-23,45H,3-4,7-10,13-14,16-19H2,1H3,(H,42,46)/t22-,23+,34+,35-/m0/s1. The molecule has 13 heteroatoms. The van der Waals surface area contributed by atoms with Crippen LogP contribution in [0.4, 0.5) is 23.8 Å². The Hall–Kier alpha value is -4.39. The average Bonchev–Trinajstić information content (AvgIpc) is 3.56. The highest BCUT2D eigenvalue weighted by molar-refractivity contribution is 6.01. The van der Waals surface area contributed by atoms with Gasteiger partial charge in [0, 0.05) is 37.7 Å². The predicted molar refractivity (Wildman–Crippen MR) is 173 cm³/mol. The van der Waals surface area contributed by atoms with Gasteiger partial charge in [0.25, 0.3) is 0 Å². The fraction of sp³-hybridized carbons (Fsp3) is 0.486. The number of carbonyl (C=O) groups excluding carboxylic acids is 1. The van der Waals surface area contributed by atoms with Crippen molar-refractivity contribution >= 4 is 33.6 Å². The molecule has 2 aromatic carbocycles. The maximum Gasteiger partial charge on any atom is 0.407 e. The number of piperidine rings is 1. The number of aromatic hydroxyl groups is 1. The molecule has 5 aliphatic rings. The normalized spacial score (nSPS) is 27.7. The Bertz CT molecular complexity index is 1930. The lowest BCUT2D eigenvalue weighted by Crippen LogP contribution is -2.60. The zero-order chi connectivity index (χ0) is 33.2. The second-order valence-corrected chi connectivity index (χ2v) is 14.0. The molecule has 4 atom stereocenters. The average molecular weight is 663 g/mol. The van der Waals surface area contributed by atoms with Crippen LogP contribution in [0.25, 0.3) is 32.9 Å². The lowest BCUT2D eigenvalue weighted by molar-refractivity contribution is 0.107. The second-order valence-electron chi connectivity index (χ2n) is 14.0. The van der Waals surface area contributed by atoms with Gasteiger partial charge in [-0.05, 0) is 67.6 Å². The van der Waals surface area contributed by atoms with E-state index in [0.717, 1.165) is 24.9 Å². The first-order chi connectivity index (χ1) is 23.1. The van der Waals surface area contributed by atoms with Crippen LogP contribution in [0.5, 0.6) is 11.8 Å². The summed E-state index contributed by atoms with van der Waals surface area (Å²) in [5.41, 5.74) is -0.394. The minimum Gasteiger partial charge on any atom is -0.508 e. The number of anilines is 1. The number of amides is 1. The Balaban J connectivity index is 1.31. The monoisotopic (exact) mass is 662 g/mol. The number of hydrogen-bond acceptors (Lipinski definition) is 9. The molecule has 7 heterocycles. The molecule has 2 aromatic heterocycles. The van der Waals surface area contributed by atoms with E-state index in [4.69, 9.17) is 9.47 Å². The molecule has 3 fully saturated rings. The molecular formula is C35H37F3N6O4. The Morgan fingerprint density at radius 2 is 2.00 bits per heavy atom. The van der Waals surface area contributed by atoms with Crippen molar-refractivity contribution in [3.8, 4) is 23.0 Å². The lowest BCUT2D eigenvalue weighted by Gasteiger charge is -2.42. The Morgan fingerprint density at radius 3 is 2.88 bits per heavy atom. The Kier molecular flexibility index (Phi) is 7.50. The number of phenols is 1. The third-order valence-corrected chi connectivity index (χ3v) is 10.3. The van der Waals surface area contributed by atoms with Gasteiger partial charge in [0.2, 0.25) is 0 Å². The number of alkyl halides is 2. The fourth-order valence-electron chi connectivity index (χ4n) is 8.35. The maximum absolute atomic E-state index is 17.0. The van der Waals surface area contributed by atoms with Crippen LogP contribution < -0.4 is 15.0 Å². The highest BCUT2D eigenvalue weighted by atomic mass is 19.1. The van der Waals surface area contributed by atoms with Crippen LogP contribution in [-0.2, 0) is 11.2 Å². The van der Waals surface area contributed by atoms with Gasteiger partial charge in [-0.3, -0.25) is 9.88 Å². The fourth-order valence-corrected chi connectivity index (χ4v) is 8.35. The number of nitrogens with one attached hydrogen (secondary N) is 1. The number of phenolic OH excluding ortho intramolecular Hbond substituents is 1. The van der Waals surface area contributed by atoms with E-state index < -0.39 is 35.3 Å². The van der Waals surface area contributed by atoms with Crippen LogP contribution in [0, 0.1) is 5.82 Å². The first kappa shape index (κ1) is 30.9. The van der Waals surface area contributed by atoms with Gasteiger partial charge in [-0.1, -0.05) is 18.2 Å². The molecule has 10 nitrogen and oxygen atoms in total. The van der Waals surface area contributed by atoms with Crippen molar-refractivity contribution < 1.29 is 32.5 Å². The summed E-state index contributed by atoms with van der Waals surface area (Å²) in [4.78, 5) is 30.5. The van der Waals surface area contributed by atoms with E-state index >= 15 is 8.78 Å². The minimum absolute atomic E-state index is 0.0210. The van der Waals surface area contributed by atoms with Gasteiger partial charge in [0.05, 0.1) is 29.6 Å². The molecule has 48 heavy (non-hydrogen) atoms. The zero-order valence-corrected chi connectivity index (χ0v) is 26.6. The number of aryl methyl sites for hydroxylation is 1. The molecule has 4 aromatic rings. The van der Waals surface area contributed by atoms with Gasteiger partial charge in [-0.15, -0.1) is 0 Å². The summed E-state index contributed by atoms with van der Waals surface area (Å²) in [7, 11) is 0. The van der Waals surface area contributed by atoms with Crippen LogP contribution in [0.15, 0.2) is 36.5 Å². The van der Waals surface area contributed by atoms with E-state index in [1.54, 1.807) is 17.9 Å². The van der Waals surface area contributed by atoms with Gasteiger partial charge >= 0.3 is 12.1 Å². The van der Waals surface area contributed by atoms with Crippen LogP contribution in [0.2, 0.25) is 0 Å². The lowest BCUT2D eigenvalue weighted by atomic mass is 9.90. The number of ether oxygens (including phenoxy) is 2. The Morgan fingerprint density at radius 1 is 1.15 bits per heavy atom. The van der Waals surface area contributed by atoms with E-state index in [1.165, 1.54) is 12.3 Å². The molecule has 9 rings (SSSR count). The molecule has 0 radical (unpaired) electrons. The van der Waals surface area contributed by atoms with Crippen molar-refractivity contribution in [2.24, 2.45) is 0 Å². The number of alkyl carbamates (subject to hydrolysis) is 1. The number of aromatic nitrogens is 3. The molecule has 3 saturated heterocycles. The molecule has 0 saturated carbocycles. The first-order valence-corrected chi connectivity index (χ1v) is 16.6. The van der Waals surface area contributed by atoms with Crippen LogP contribution in [0.3, 0.4) is 0 Å². The van der Waals surface area contributed by atoms with Crippen molar-refractivity contribution in [3.63, 3.8) is 0 Å². The summed E-state index contributed by atoms with van der Waals surface area (Å²) in [6.45, 7) is 3.18. The van der Waals surface area contributed by atoms with Gasteiger partial charge in [0.15, 0.2) is 5.82 Å². The summed E-state index contributed by atoms with van der Waals surface area (Å²) in [5, 5.41) is 15.2. The van der Waals surface area contributed by atoms with Crippen molar-refractivity contribution in [2.75, 3.05) is 44.3 Å². The molecule has 252 valence electrons. The van der Waals surface area contributed by atoms with Crippen molar-refractivity contribution in [1.82, 2.24) is 25.2 Å². The van der Waals surface area contributed by atoms with E-state index in [1.807, 2.05) is 18.2 Å². The van der Waals surface area contributed by atoms with Gasteiger partial charge in [-0.25, -0.2) is 18.0 Å². The minimum atomic E-state index is -1.35. The van der Waals surface area contributed by atoms with E-state index in [2.05, 4.69) is 25.2 Å². The number of rotatable bonds is 3. The molecular weight excluding hydrogens is 625 g/mol. The van der Waals surface area contributed by atoms with Crippen LogP contribution in [-0.4, -0.2) is 93.9 Å². The van der Waals surface area contributed by atoms with Crippen molar-refractivity contribution in [2.45, 2.75) is 68.9 Å². The maximum atomic E-state index is 17.0. The SMILES string of the molecule is C[C@@]12C[C@H](F)CN(C1)c1nc(OC[C@@]34CCCN3C[C@H](F)C4)nc3c(F)c(ncc13)-c1cc(O)cc3cccc(c13)CCCOC(=O)N2. The topological polar surface area (TPSA) is 113 Å². The quantitative estimate of drug-likeness (QED) is 0.289. The zero-order valence-electron chi connectivity index (χ0n) is 26.6. The smallest absolute Gasteiger partial charge is 0.407 e. The molecule has 0 spiro atoms. The molecule has 2 N–H and O–H groups in total. The summed E-state index contributed by atoms with van der Waals surface area (Å²) < 4.78 is 58.7. The van der Waals surface area contributed by atoms with Crippen molar-refractivity contribution in [1.29, 1.82) is 0 Å². The van der Waals surface area contributed by atoms with Gasteiger partial charge in [-0.2, -0.15) is 9.97 Å². The molecule has 5 aliphatic heterocycles. The highest BCUT2D eigenvalue weighted by Crippen LogP contribution is 2.42. The largest absolute Gasteiger partial charge is 0.508 e. The molecule has 0 aliphatic carbocycles. The number of hydrogen-bond donors (Lipinski definition) is 2. The van der Waals surface area contributed by atoms with Gasteiger partial charge in [0.1, 0.15) is 41.7 Å². The molecule has 6 bridgehead atoms. The second kappa shape index (κ2) is 11.6. The third kappa shape index (κ3) is 5.41. The number of benzene rings is 2. The number of carbonyl (C=O) groups is 1. The summed E-state index contributed by atoms with van der Waals surface area (Å²) >= 11 is 0. The summed E-state index contributed by atoms with van der Waals surface area (Å²) in [6.07, 6.45) is 1.54. The number of halogens is 3. The first-order valence-electron chi connectivity index (χ1n) is 16.6. The predicted octanol–water partition coefficient (Wildman–Crippen LogP) is 5.62. The number of nitrogens with zero attached hydrogens (tertiary/aromatic N) is 5. The summed E-state index contributed by atoms with van der Waals surface area (Å²) in [6, 6.07) is 8.57. The van der Waals surface area contributed by atoms with Crippen LogP contribution >= 0.6 is 0 Å². The van der Waals surface area contributed by atoms with E-state index in [-0.39, 0.29) is 66.9 Å². The molecule has 1 amide bonds.